The molecule has 2 aromatic heterocycles. The zero-order valence-electron chi connectivity index (χ0n) is 15.3. The van der Waals surface area contributed by atoms with Gasteiger partial charge in [0.05, 0.1) is 5.52 Å². The minimum atomic E-state index is -0.414. The number of carbonyl (C=O) groups excluding carboxylic acids is 1. The summed E-state index contributed by atoms with van der Waals surface area (Å²) in [7, 11) is 3.53. The fraction of sp³-hybridized carbons (Fsp3) is 0.200. The van der Waals surface area contributed by atoms with Crippen molar-refractivity contribution in [2.24, 2.45) is 0 Å². The van der Waals surface area contributed by atoms with E-state index in [1.165, 1.54) is 11.8 Å². The van der Waals surface area contributed by atoms with Gasteiger partial charge >= 0.3 is 0 Å². The smallest absolute Gasteiger partial charge is 0.240 e. The lowest BCUT2D eigenvalue weighted by Crippen LogP contribution is -2.27. The number of thioether (sulfide) groups is 1. The first-order valence-electron chi connectivity index (χ1n) is 8.59. The molecule has 4 rings (SSSR count). The third-order valence-corrected chi connectivity index (χ3v) is 5.43. The van der Waals surface area contributed by atoms with E-state index >= 15 is 0 Å². The van der Waals surface area contributed by atoms with Crippen molar-refractivity contribution in [2.45, 2.75) is 17.3 Å². The molecule has 2 heterocycles. The van der Waals surface area contributed by atoms with E-state index in [-0.39, 0.29) is 5.91 Å². The van der Waals surface area contributed by atoms with Crippen molar-refractivity contribution < 1.29 is 4.79 Å². The van der Waals surface area contributed by atoms with E-state index < -0.39 is 5.25 Å². The second kappa shape index (κ2) is 7.00. The van der Waals surface area contributed by atoms with Crippen LogP contribution in [0.4, 0.5) is 0 Å². The Balaban J connectivity index is 1.87. The van der Waals surface area contributed by atoms with E-state index in [1.807, 2.05) is 61.5 Å². The van der Waals surface area contributed by atoms with Crippen LogP contribution in [0.3, 0.4) is 0 Å². The quantitative estimate of drug-likeness (QED) is 0.402. The SMILES string of the molecule is Cc1nc2c3ccccc3nc(SC(C(=O)N(C)C)c3ccccc3)n2n1. The van der Waals surface area contributed by atoms with Gasteiger partial charge in [0.15, 0.2) is 10.8 Å². The Hall–Kier alpha value is -2.93. The maximum atomic E-state index is 12.9. The summed E-state index contributed by atoms with van der Waals surface area (Å²) in [5.41, 5.74) is 2.52. The number of likely N-dealkylation sites (N-methyl/N-ethyl adjacent to an activating group) is 1. The molecule has 0 N–H and O–H groups in total. The number of hydrogen-bond donors (Lipinski definition) is 0. The van der Waals surface area contributed by atoms with E-state index in [2.05, 4.69) is 10.1 Å². The van der Waals surface area contributed by atoms with Gasteiger partial charge in [-0.15, -0.1) is 5.10 Å². The van der Waals surface area contributed by atoms with E-state index in [4.69, 9.17) is 4.98 Å². The number of hydrogen-bond acceptors (Lipinski definition) is 5. The number of rotatable bonds is 4. The number of amides is 1. The van der Waals surface area contributed by atoms with Crippen LogP contribution in [0.1, 0.15) is 16.6 Å². The fourth-order valence-corrected chi connectivity index (χ4v) is 4.13. The number of benzene rings is 2. The van der Waals surface area contributed by atoms with Gasteiger partial charge in [-0.3, -0.25) is 4.79 Å². The number of aryl methyl sites for hydroxylation is 1. The first-order valence-corrected chi connectivity index (χ1v) is 9.47. The van der Waals surface area contributed by atoms with Crippen LogP contribution in [0.25, 0.3) is 16.6 Å². The molecule has 1 atom stereocenters. The molecule has 0 saturated carbocycles. The monoisotopic (exact) mass is 377 g/mol. The van der Waals surface area contributed by atoms with Gasteiger partial charge < -0.3 is 4.90 Å². The lowest BCUT2D eigenvalue weighted by Gasteiger charge is -2.20. The summed E-state index contributed by atoms with van der Waals surface area (Å²) in [4.78, 5) is 23.8. The van der Waals surface area contributed by atoms with Gasteiger partial charge in [0.1, 0.15) is 11.1 Å². The average Bonchev–Trinajstić information content (AvgIpc) is 3.08. The van der Waals surface area contributed by atoms with Crippen LogP contribution in [0.15, 0.2) is 59.8 Å². The third kappa shape index (κ3) is 3.26. The Morgan fingerprint density at radius 2 is 1.74 bits per heavy atom. The van der Waals surface area contributed by atoms with Crippen molar-refractivity contribution in [3.8, 4) is 0 Å². The van der Waals surface area contributed by atoms with Crippen molar-refractivity contribution >= 4 is 34.2 Å². The van der Waals surface area contributed by atoms with Crippen LogP contribution >= 0.6 is 11.8 Å². The Morgan fingerprint density at radius 1 is 1.04 bits per heavy atom. The van der Waals surface area contributed by atoms with Crippen molar-refractivity contribution in [1.29, 1.82) is 0 Å². The minimum absolute atomic E-state index is 0.00569. The fourth-order valence-electron chi connectivity index (χ4n) is 2.94. The van der Waals surface area contributed by atoms with Crippen LogP contribution < -0.4 is 0 Å². The first kappa shape index (κ1) is 17.5. The molecule has 0 fully saturated rings. The Labute approximate surface area is 161 Å². The zero-order valence-corrected chi connectivity index (χ0v) is 16.1. The standard InChI is InChI=1S/C20H19N5OS/c1-13-21-18-15-11-7-8-12-16(15)22-20(25(18)23-13)27-17(19(26)24(2)3)14-9-5-4-6-10-14/h4-12,17H,1-3H3. The summed E-state index contributed by atoms with van der Waals surface area (Å²) in [6, 6.07) is 17.6. The molecule has 136 valence electrons. The highest BCUT2D eigenvalue weighted by atomic mass is 32.2. The molecule has 0 aliphatic heterocycles. The molecule has 0 bridgehead atoms. The predicted molar refractivity (Wildman–Crippen MR) is 107 cm³/mol. The van der Waals surface area contributed by atoms with Crippen molar-refractivity contribution in [3.05, 3.63) is 66.0 Å². The summed E-state index contributed by atoms with van der Waals surface area (Å²) in [6.07, 6.45) is 0. The van der Waals surface area contributed by atoms with Crippen LogP contribution in [0, 0.1) is 6.92 Å². The predicted octanol–water partition coefficient (Wildman–Crippen LogP) is 3.51. The Kier molecular flexibility index (Phi) is 4.53. The van der Waals surface area contributed by atoms with Gasteiger partial charge in [-0.2, -0.15) is 4.52 Å². The maximum Gasteiger partial charge on any atom is 0.240 e. The number of nitrogens with zero attached hydrogens (tertiary/aromatic N) is 5. The van der Waals surface area contributed by atoms with Crippen molar-refractivity contribution in [3.63, 3.8) is 0 Å². The average molecular weight is 377 g/mol. The number of para-hydroxylation sites is 1. The molecule has 2 aromatic carbocycles. The Morgan fingerprint density at radius 3 is 2.48 bits per heavy atom. The lowest BCUT2D eigenvalue weighted by molar-refractivity contribution is -0.128. The molecule has 4 aromatic rings. The largest absolute Gasteiger partial charge is 0.348 e. The van der Waals surface area contributed by atoms with Gasteiger partial charge in [-0.05, 0) is 24.6 Å². The summed E-state index contributed by atoms with van der Waals surface area (Å²) in [6.45, 7) is 1.86. The highest BCUT2D eigenvalue weighted by Gasteiger charge is 2.26. The third-order valence-electron chi connectivity index (χ3n) is 4.25. The summed E-state index contributed by atoms with van der Waals surface area (Å²) >= 11 is 1.39. The topological polar surface area (TPSA) is 63.4 Å². The molecule has 7 heteroatoms. The van der Waals surface area contributed by atoms with Crippen LogP contribution in [-0.2, 0) is 4.79 Å². The van der Waals surface area contributed by atoms with Gasteiger partial charge in [0.2, 0.25) is 5.91 Å². The Bertz CT molecular complexity index is 1120. The molecule has 1 amide bonds. The highest BCUT2D eigenvalue weighted by molar-refractivity contribution is 8.00. The van der Waals surface area contributed by atoms with E-state index in [0.717, 1.165) is 22.1 Å². The second-order valence-corrected chi connectivity index (χ2v) is 7.52. The normalized spacial score (nSPS) is 12.4. The second-order valence-electron chi connectivity index (χ2n) is 6.45. The molecule has 0 radical (unpaired) electrons. The van der Waals surface area contributed by atoms with Crippen LogP contribution in [0.2, 0.25) is 0 Å². The van der Waals surface area contributed by atoms with Crippen molar-refractivity contribution in [2.75, 3.05) is 14.1 Å². The molecule has 0 spiro atoms. The van der Waals surface area contributed by atoms with Gasteiger partial charge in [0.25, 0.3) is 0 Å². The summed E-state index contributed by atoms with van der Waals surface area (Å²) in [5.74, 6) is 0.677. The number of aromatic nitrogens is 4. The maximum absolute atomic E-state index is 12.9. The molecular weight excluding hydrogens is 358 g/mol. The van der Waals surface area contributed by atoms with E-state index in [0.29, 0.717) is 11.0 Å². The zero-order chi connectivity index (χ0) is 19.0. The van der Waals surface area contributed by atoms with Crippen LogP contribution in [0.5, 0.6) is 0 Å². The molecule has 0 saturated heterocycles. The van der Waals surface area contributed by atoms with E-state index in [9.17, 15) is 4.79 Å². The van der Waals surface area contributed by atoms with Gasteiger partial charge in [-0.1, -0.05) is 54.2 Å². The van der Waals surface area contributed by atoms with Gasteiger partial charge in [0, 0.05) is 19.5 Å². The summed E-state index contributed by atoms with van der Waals surface area (Å²) < 4.78 is 1.74. The number of carbonyl (C=O) groups is 1. The molecular formula is C20H19N5OS. The molecule has 0 aliphatic rings. The highest BCUT2D eigenvalue weighted by Crippen LogP contribution is 2.36. The van der Waals surface area contributed by atoms with Gasteiger partial charge in [-0.25, -0.2) is 9.97 Å². The summed E-state index contributed by atoms with van der Waals surface area (Å²) in [5, 5.41) is 5.69. The first-order chi connectivity index (χ1) is 13.0. The molecule has 6 nitrogen and oxygen atoms in total. The molecule has 1 unspecified atom stereocenters. The van der Waals surface area contributed by atoms with Crippen LogP contribution in [-0.4, -0.2) is 44.5 Å². The molecule has 0 aliphatic carbocycles. The molecule has 27 heavy (non-hydrogen) atoms. The number of fused-ring (bicyclic) bond motifs is 3. The van der Waals surface area contributed by atoms with Crippen molar-refractivity contribution in [1.82, 2.24) is 24.5 Å². The van der Waals surface area contributed by atoms with E-state index in [1.54, 1.807) is 23.5 Å². The lowest BCUT2D eigenvalue weighted by atomic mass is 10.1. The minimum Gasteiger partial charge on any atom is -0.348 e.